The van der Waals surface area contributed by atoms with Gasteiger partial charge in [-0.05, 0) is 42.8 Å². The third-order valence-corrected chi connectivity index (χ3v) is 5.35. The SMILES string of the molecule is C=CCOC(=O)Nc1cc(Cl)cc(C)c1NC(=O)c1c2ccccc2nn1-c1ncccc1Cl. The zero-order valence-electron chi connectivity index (χ0n) is 18.0. The lowest BCUT2D eigenvalue weighted by atomic mass is 10.1. The molecule has 34 heavy (non-hydrogen) atoms. The van der Waals surface area contributed by atoms with Crippen LogP contribution in [0.3, 0.4) is 0 Å². The van der Waals surface area contributed by atoms with Crippen LogP contribution in [0.4, 0.5) is 16.2 Å². The predicted octanol–water partition coefficient (Wildman–Crippen LogP) is 6.02. The van der Waals surface area contributed by atoms with Gasteiger partial charge in [0.05, 0.1) is 21.9 Å². The number of fused-ring (bicyclic) bond motifs is 1. The number of aromatic nitrogens is 3. The van der Waals surface area contributed by atoms with Gasteiger partial charge in [-0.1, -0.05) is 54.1 Å². The van der Waals surface area contributed by atoms with E-state index in [1.165, 1.54) is 16.8 Å². The lowest BCUT2D eigenvalue weighted by Gasteiger charge is -2.16. The molecule has 2 aromatic heterocycles. The van der Waals surface area contributed by atoms with Crippen LogP contribution in [0.5, 0.6) is 0 Å². The lowest BCUT2D eigenvalue weighted by molar-refractivity contribution is 0.102. The summed E-state index contributed by atoms with van der Waals surface area (Å²) in [5, 5.41) is 11.3. The van der Waals surface area contributed by atoms with Crippen LogP contribution in [0.2, 0.25) is 10.0 Å². The van der Waals surface area contributed by atoms with Crippen molar-refractivity contribution >= 4 is 57.5 Å². The molecule has 4 rings (SSSR count). The van der Waals surface area contributed by atoms with Crippen molar-refractivity contribution in [3.05, 3.63) is 88.7 Å². The van der Waals surface area contributed by atoms with Crippen molar-refractivity contribution in [3.8, 4) is 5.82 Å². The summed E-state index contributed by atoms with van der Waals surface area (Å²) in [6.45, 7) is 5.30. The van der Waals surface area contributed by atoms with E-state index in [2.05, 4.69) is 27.3 Å². The first-order valence-electron chi connectivity index (χ1n) is 10.1. The average molecular weight is 496 g/mol. The van der Waals surface area contributed by atoms with E-state index in [9.17, 15) is 9.59 Å². The summed E-state index contributed by atoms with van der Waals surface area (Å²) in [4.78, 5) is 30.0. The molecule has 0 atom stereocenters. The van der Waals surface area contributed by atoms with Crippen molar-refractivity contribution in [3.63, 3.8) is 0 Å². The van der Waals surface area contributed by atoms with E-state index in [1.807, 2.05) is 6.07 Å². The molecular formula is C24H19Cl2N5O3. The highest BCUT2D eigenvalue weighted by Crippen LogP contribution is 2.32. The normalized spacial score (nSPS) is 10.7. The molecule has 0 radical (unpaired) electrons. The molecule has 172 valence electrons. The first kappa shape index (κ1) is 23.3. The Balaban J connectivity index is 1.78. The van der Waals surface area contributed by atoms with E-state index in [1.54, 1.807) is 49.5 Å². The smallest absolute Gasteiger partial charge is 0.412 e. The number of halogens is 2. The van der Waals surface area contributed by atoms with Gasteiger partial charge in [0.1, 0.15) is 12.3 Å². The van der Waals surface area contributed by atoms with Crippen LogP contribution in [0, 0.1) is 6.92 Å². The minimum atomic E-state index is -0.715. The quantitative estimate of drug-likeness (QED) is 0.318. The van der Waals surface area contributed by atoms with Gasteiger partial charge in [0, 0.05) is 16.6 Å². The van der Waals surface area contributed by atoms with E-state index < -0.39 is 12.0 Å². The van der Waals surface area contributed by atoms with E-state index in [4.69, 9.17) is 27.9 Å². The lowest BCUT2D eigenvalue weighted by Crippen LogP contribution is -2.21. The minimum Gasteiger partial charge on any atom is -0.445 e. The predicted molar refractivity (Wildman–Crippen MR) is 133 cm³/mol. The number of pyridine rings is 1. The number of carbonyl (C=O) groups excluding carboxylic acids is 2. The average Bonchev–Trinajstić information content (AvgIpc) is 3.19. The molecular weight excluding hydrogens is 477 g/mol. The van der Waals surface area contributed by atoms with Crippen LogP contribution < -0.4 is 10.6 Å². The first-order valence-corrected chi connectivity index (χ1v) is 10.9. The molecule has 0 bridgehead atoms. The van der Waals surface area contributed by atoms with Gasteiger partial charge < -0.3 is 10.1 Å². The standard InChI is InChI=1S/C24H19Cl2N5O3/c1-3-11-34-24(33)28-19-13-15(25)12-14(2)20(19)29-23(32)21-16-7-4-5-9-18(16)30-31(21)22-17(26)8-6-10-27-22/h3-10,12-13H,1,11H2,2H3,(H,28,33)(H,29,32). The number of anilines is 2. The largest absolute Gasteiger partial charge is 0.445 e. The molecule has 0 spiro atoms. The van der Waals surface area contributed by atoms with Crippen molar-refractivity contribution in [1.82, 2.24) is 14.8 Å². The summed E-state index contributed by atoms with van der Waals surface area (Å²) >= 11 is 12.5. The van der Waals surface area contributed by atoms with Crippen LogP contribution in [-0.2, 0) is 4.74 Å². The molecule has 10 heteroatoms. The Morgan fingerprint density at radius 1 is 1.15 bits per heavy atom. The zero-order chi connectivity index (χ0) is 24.2. The number of ether oxygens (including phenoxy) is 1. The summed E-state index contributed by atoms with van der Waals surface area (Å²) < 4.78 is 6.40. The number of hydrogen-bond donors (Lipinski definition) is 2. The molecule has 0 saturated heterocycles. The molecule has 2 amide bonds. The van der Waals surface area contributed by atoms with E-state index in [-0.39, 0.29) is 18.0 Å². The molecule has 0 fully saturated rings. The fourth-order valence-electron chi connectivity index (χ4n) is 3.40. The Kier molecular flexibility index (Phi) is 6.81. The van der Waals surface area contributed by atoms with Gasteiger partial charge in [-0.3, -0.25) is 10.1 Å². The molecule has 0 unspecified atom stereocenters. The van der Waals surface area contributed by atoms with Crippen LogP contribution in [0.1, 0.15) is 16.1 Å². The molecule has 0 aliphatic carbocycles. The Hall–Kier alpha value is -3.88. The number of hydrogen-bond acceptors (Lipinski definition) is 5. The summed E-state index contributed by atoms with van der Waals surface area (Å²) in [5.74, 6) is -0.173. The number of rotatable bonds is 6. The second-order valence-electron chi connectivity index (χ2n) is 7.20. The number of benzene rings is 2. The van der Waals surface area contributed by atoms with E-state index in [0.29, 0.717) is 38.0 Å². The number of carbonyl (C=O) groups is 2. The number of amides is 2. The van der Waals surface area contributed by atoms with E-state index in [0.717, 1.165) is 0 Å². The molecule has 2 N–H and O–H groups in total. The monoisotopic (exact) mass is 495 g/mol. The highest BCUT2D eigenvalue weighted by Gasteiger charge is 2.23. The number of aryl methyl sites for hydroxylation is 1. The molecule has 8 nitrogen and oxygen atoms in total. The summed E-state index contributed by atoms with van der Waals surface area (Å²) in [6, 6.07) is 13.7. The van der Waals surface area contributed by atoms with Gasteiger partial charge >= 0.3 is 6.09 Å². The summed E-state index contributed by atoms with van der Waals surface area (Å²) in [5.41, 5.74) is 2.08. The maximum absolute atomic E-state index is 13.6. The highest BCUT2D eigenvalue weighted by atomic mass is 35.5. The van der Waals surface area contributed by atoms with E-state index >= 15 is 0 Å². The maximum atomic E-state index is 13.6. The zero-order valence-corrected chi connectivity index (χ0v) is 19.5. The van der Waals surface area contributed by atoms with Crippen LogP contribution >= 0.6 is 23.2 Å². The fraction of sp³-hybridized carbons (Fsp3) is 0.0833. The Morgan fingerprint density at radius 3 is 2.71 bits per heavy atom. The van der Waals surface area contributed by atoms with Crippen LogP contribution in [0.25, 0.3) is 16.7 Å². The summed E-state index contributed by atoms with van der Waals surface area (Å²) in [6.07, 6.45) is 2.29. The Morgan fingerprint density at radius 2 is 1.94 bits per heavy atom. The van der Waals surface area contributed by atoms with Crippen molar-refractivity contribution in [1.29, 1.82) is 0 Å². The van der Waals surface area contributed by atoms with Gasteiger partial charge in [-0.15, -0.1) is 0 Å². The number of nitrogens with zero attached hydrogens (tertiary/aromatic N) is 3. The minimum absolute atomic E-state index is 0.0308. The maximum Gasteiger partial charge on any atom is 0.412 e. The first-order chi connectivity index (χ1) is 16.4. The highest BCUT2D eigenvalue weighted by molar-refractivity contribution is 6.32. The third-order valence-electron chi connectivity index (χ3n) is 4.84. The second-order valence-corrected chi connectivity index (χ2v) is 8.04. The topological polar surface area (TPSA) is 98.1 Å². The van der Waals surface area contributed by atoms with Crippen molar-refractivity contribution < 1.29 is 14.3 Å². The van der Waals surface area contributed by atoms with Crippen molar-refractivity contribution in [2.75, 3.05) is 17.2 Å². The summed E-state index contributed by atoms with van der Waals surface area (Å²) in [7, 11) is 0. The molecule has 0 aliphatic rings. The van der Waals surface area contributed by atoms with Gasteiger partial charge in [0.25, 0.3) is 5.91 Å². The van der Waals surface area contributed by atoms with Crippen molar-refractivity contribution in [2.45, 2.75) is 6.92 Å². The molecule has 4 aromatic rings. The van der Waals surface area contributed by atoms with Gasteiger partial charge in [0.2, 0.25) is 0 Å². The number of nitrogens with one attached hydrogen (secondary N) is 2. The second kappa shape index (κ2) is 9.94. The van der Waals surface area contributed by atoms with Crippen LogP contribution in [-0.4, -0.2) is 33.4 Å². The van der Waals surface area contributed by atoms with Crippen molar-refractivity contribution in [2.24, 2.45) is 0 Å². The molecule has 0 aliphatic heterocycles. The molecule has 2 heterocycles. The van der Waals surface area contributed by atoms with Gasteiger partial charge in [0.15, 0.2) is 5.82 Å². The molecule has 2 aromatic carbocycles. The Labute approximate surface area is 205 Å². The third kappa shape index (κ3) is 4.73. The van der Waals surface area contributed by atoms with Gasteiger partial charge in [-0.25, -0.2) is 14.5 Å². The van der Waals surface area contributed by atoms with Gasteiger partial charge in [-0.2, -0.15) is 5.10 Å². The van der Waals surface area contributed by atoms with Crippen LogP contribution in [0.15, 0.2) is 67.4 Å². The Bertz CT molecular complexity index is 1420. The fourth-order valence-corrected chi connectivity index (χ4v) is 3.87. The molecule has 0 saturated carbocycles.